The number of hydrogen-bond acceptors (Lipinski definition) is 7. The van der Waals surface area contributed by atoms with Gasteiger partial charge in [-0.3, -0.25) is 4.99 Å². The number of sulfone groups is 2. The van der Waals surface area contributed by atoms with Gasteiger partial charge in [-0.05, 0) is 19.1 Å². The molecule has 22 heavy (non-hydrogen) atoms. The van der Waals surface area contributed by atoms with E-state index in [2.05, 4.69) is 4.99 Å². The summed E-state index contributed by atoms with van der Waals surface area (Å²) in [6, 6.07) is 2.37. The maximum absolute atomic E-state index is 12.8. The summed E-state index contributed by atoms with van der Waals surface area (Å²) in [5.41, 5.74) is 0. The van der Waals surface area contributed by atoms with Gasteiger partial charge in [-0.15, -0.1) is 11.3 Å². The van der Waals surface area contributed by atoms with Crippen LogP contribution in [0.1, 0.15) is 6.92 Å². The Morgan fingerprint density at radius 3 is 2.64 bits per heavy atom. The highest BCUT2D eigenvalue weighted by molar-refractivity contribution is 7.97. The van der Waals surface area contributed by atoms with Crippen molar-refractivity contribution >= 4 is 48.4 Å². The van der Waals surface area contributed by atoms with E-state index in [9.17, 15) is 16.8 Å². The molecule has 122 valence electrons. The highest BCUT2D eigenvalue weighted by atomic mass is 35.5. The highest BCUT2D eigenvalue weighted by Gasteiger charge is 2.49. The summed E-state index contributed by atoms with van der Waals surface area (Å²) in [6.07, 6.45) is 0. The van der Waals surface area contributed by atoms with Crippen molar-refractivity contribution in [3.05, 3.63) is 16.5 Å². The molecule has 0 saturated carbocycles. The predicted molar refractivity (Wildman–Crippen MR) is 87.4 cm³/mol. The second-order valence-corrected chi connectivity index (χ2v) is 11.7. The SMILES string of the molecule is CC1=NCCN1[C@H]1CS(=O)(=O)C[C@@H]1S(=O)(=O)c1ccc(Cl)s1. The fraction of sp³-hybridized carbons (Fsp3) is 0.583. The third kappa shape index (κ3) is 2.79. The van der Waals surface area contributed by atoms with E-state index in [4.69, 9.17) is 11.6 Å². The molecule has 0 unspecified atom stereocenters. The zero-order valence-corrected chi connectivity index (χ0v) is 15.0. The van der Waals surface area contributed by atoms with Crippen molar-refractivity contribution in [2.45, 2.75) is 22.4 Å². The van der Waals surface area contributed by atoms with Crippen LogP contribution in [0.25, 0.3) is 0 Å². The van der Waals surface area contributed by atoms with E-state index in [1.54, 1.807) is 6.92 Å². The average molecular weight is 383 g/mol. The summed E-state index contributed by atoms with van der Waals surface area (Å²) in [4.78, 5) is 6.05. The fourth-order valence-corrected chi connectivity index (χ4v) is 9.45. The first-order valence-electron chi connectivity index (χ1n) is 6.68. The molecule has 0 aliphatic carbocycles. The van der Waals surface area contributed by atoms with Gasteiger partial charge < -0.3 is 4.90 Å². The molecule has 2 aliphatic heterocycles. The summed E-state index contributed by atoms with van der Waals surface area (Å²) >= 11 is 6.78. The first-order valence-corrected chi connectivity index (χ1v) is 11.2. The first kappa shape index (κ1) is 16.2. The third-order valence-electron chi connectivity index (χ3n) is 4.00. The van der Waals surface area contributed by atoms with E-state index in [1.165, 1.54) is 12.1 Å². The summed E-state index contributed by atoms with van der Waals surface area (Å²) in [5.74, 6) is 0.203. The number of hydrogen-bond donors (Lipinski definition) is 0. The molecule has 3 rings (SSSR count). The molecule has 6 nitrogen and oxygen atoms in total. The number of halogens is 1. The summed E-state index contributed by atoms with van der Waals surface area (Å²) in [5, 5.41) is -0.976. The molecule has 1 aromatic rings. The smallest absolute Gasteiger partial charge is 0.193 e. The van der Waals surface area contributed by atoms with Gasteiger partial charge in [0.25, 0.3) is 0 Å². The Morgan fingerprint density at radius 1 is 1.36 bits per heavy atom. The van der Waals surface area contributed by atoms with Crippen LogP contribution in [0.5, 0.6) is 0 Å². The zero-order chi connectivity index (χ0) is 16.1. The maximum Gasteiger partial charge on any atom is 0.193 e. The van der Waals surface area contributed by atoms with E-state index in [1.807, 2.05) is 4.90 Å². The lowest BCUT2D eigenvalue weighted by Gasteiger charge is -2.29. The van der Waals surface area contributed by atoms with E-state index >= 15 is 0 Å². The number of rotatable bonds is 3. The molecular formula is C12H15ClN2O4S3. The van der Waals surface area contributed by atoms with Crippen LogP contribution in [-0.4, -0.2) is 63.5 Å². The van der Waals surface area contributed by atoms with E-state index in [-0.39, 0.29) is 15.7 Å². The minimum atomic E-state index is -3.74. The van der Waals surface area contributed by atoms with Gasteiger partial charge in [0.05, 0.1) is 34.3 Å². The Labute approximate surface area is 138 Å². The lowest BCUT2D eigenvalue weighted by Crippen LogP contribution is -2.47. The first-order chi connectivity index (χ1) is 10.2. The molecular weight excluding hydrogens is 368 g/mol. The molecule has 0 bridgehead atoms. The Balaban J connectivity index is 2.01. The van der Waals surface area contributed by atoms with Gasteiger partial charge in [0.2, 0.25) is 0 Å². The minimum Gasteiger partial charge on any atom is -0.353 e. The molecule has 0 N–H and O–H groups in total. The topological polar surface area (TPSA) is 83.9 Å². The Morgan fingerprint density at radius 2 is 2.09 bits per heavy atom. The maximum atomic E-state index is 12.8. The number of nitrogens with zero attached hydrogens (tertiary/aromatic N) is 2. The van der Waals surface area contributed by atoms with Crippen LogP contribution >= 0.6 is 22.9 Å². The standard InChI is InChI=1S/C12H15ClN2O4S3/c1-8-14-4-5-15(8)9-6-21(16,17)7-10(9)22(18,19)12-3-2-11(13)20-12/h2-3,9-10H,4-7H2,1H3/t9-,10-/m0/s1. The monoisotopic (exact) mass is 382 g/mol. The van der Waals surface area contributed by atoms with E-state index < -0.39 is 31.0 Å². The second kappa shape index (κ2) is 5.47. The van der Waals surface area contributed by atoms with Crippen molar-refractivity contribution in [2.24, 2.45) is 4.99 Å². The minimum absolute atomic E-state index is 0.124. The van der Waals surface area contributed by atoms with Crippen LogP contribution < -0.4 is 0 Å². The van der Waals surface area contributed by atoms with Crippen LogP contribution in [0.3, 0.4) is 0 Å². The molecule has 0 aromatic carbocycles. The highest BCUT2D eigenvalue weighted by Crippen LogP contribution is 2.34. The average Bonchev–Trinajstić information content (AvgIpc) is 3.08. The fourth-order valence-electron chi connectivity index (χ4n) is 2.96. The van der Waals surface area contributed by atoms with Crippen molar-refractivity contribution in [1.82, 2.24) is 4.90 Å². The van der Waals surface area contributed by atoms with Gasteiger partial charge in [0.1, 0.15) is 9.46 Å². The molecule has 0 radical (unpaired) electrons. The van der Waals surface area contributed by atoms with Gasteiger partial charge in [-0.25, -0.2) is 16.8 Å². The second-order valence-electron chi connectivity index (χ2n) is 5.41. The van der Waals surface area contributed by atoms with E-state index in [0.29, 0.717) is 23.3 Å². The molecule has 0 amide bonds. The number of thiophene rings is 1. The Hall–Kier alpha value is -0.640. The molecule has 2 atom stereocenters. The molecule has 2 aliphatic rings. The number of aliphatic imine (C=N–C) groups is 1. The summed E-state index contributed by atoms with van der Waals surface area (Å²) < 4.78 is 50.2. The van der Waals surface area contributed by atoms with Gasteiger partial charge >= 0.3 is 0 Å². The zero-order valence-electron chi connectivity index (χ0n) is 11.8. The molecule has 0 spiro atoms. The van der Waals surface area contributed by atoms with Crippen molar-refractivity contribution in [3.63, 3.8) is 0 Å². The van der Waals surface area contributed by atoms with Crippen LogP contribution in [0.15, 0.2) is 21.3 Å². The molecule has 3 heterocycles. The Kier molecular flexibility index (Phi) is 4.03. The quantitative estimate of drug-likeness (QED) is 0.780. The number of amidine groups is 1. The van der Waals surface area contributed by atoms with Gasteiger partial charge in [-0.2, -0.15) is 0 Å². The summed E-state index contributed by atoms with van der Waals surface area (Å²) in [6.45, 7) is 2.91. The molecule has 10 heteroatoms. The van der Waals surface area contributed by atoms with Crippen LogP contribution in [0, 0.1) is 0 Å². The Bertz CT molecular complexity index is 828. The molecule has 1 aromatic heterocycles. The summed E-state index contributed by atoms with van der Waals surface area (Å²) in [7, 11) is -7.13. The van der Waals surface area contributed by atoms with Crippen molar-refractivity contribution in [3.8, 4) is 0 Å². The van der Waals surface area contributed by atoms with Gasteiger partial charge in [0.15, 0.2) is 19.7 Å². The van der Waals surface area contributed by atoms with Gasteiger partial charge in [0, 0.05) is 6.54 Å². The van der Waals surface area contributed by atoms with Crippen LogP contribution in [0.2, 0.25) is 4.34 Å². The normalized spacial score (nSPS) is 28.1. The van der Waals surface area contributed by atoms with Crippen molar-refractivity contribution in [1.29, 1.82) is 0 Å². The largest absolute Gasteiger partial charge is 0.353 e. The van der Waals surface area contributed by atoms with Crippen LogP contribution in [0.4, 0.5) is 0 Å². The molecule has 1 saturated heterocycles. The molecule has 1 fully saturated rings. The van der Waals surface area contributed by atoms with Gasteiger partial charge in [-0.1, -0.05) is 11.6 Å². The van der Waals surface area contributed by atoms with Crippen LogP contribution in [-0.2, 0) is 19.7 Å². The lowest BCUT2D eigenvalue weighted by molar-refractivity contribution is 0.360. The van der Waals surface area contributed by atoms with Crippen molar-refractivity contribution < 1.29 is 16.8 Å². The third-order valence-corrected chi connectivity index (χ3v) is 9.87. The van der Waals surface area contributed by atoms with Crippen molar-refractivity contribution in [2.75, 3.05) is 24.6 Å². The van der Waals surface area contributed by atoms with E-state index in [0.717, 1.165) is 11.3 Å². The predicted octanol–water partition coefficient (Wildman–Crippen LogP) is 1.07. The lowest BCUT2D eigenvalue weighted by atomic mass is 10.2.